The summed E-state index contributed by atoms with van der Waals surface area (Å²) in [6.07, 6.45) is 2.12. The molecule has 1 aliphatic rings. The number of nitrogens with zero attached hydrogens (tertiary/aromatic N) is 5. The molecule has 8 heteroatoms. The van der Waals surface area contributed by atoms with Gasteiger partial charge in [0, 0.05) is 38.0 Å². The maximum absolute atomic E-state index is 5.63. The van der Waals surface area contributed by atoms with Crippen LogP contribution in [0.1, 0.15) is 48.9 Å². The van der Waals surface area contributed by atoms with Crippen LogP contribution in [0.25, 0.3) is 0 Å². The smallest absolute Gasteiger partial charge is 0.252 e. The molecular weight excluding hydrogens is 310 g/mol. The topological polar surface area (TPSA) is 78.4 Å². The molecule has 0 aromatic carbocycles. The van der Waals surface area contributed by atoms with E-state index in [-0.39, 0.29) is 6.04 Å². The van der Waals surface area contributed by atoms with Crippen LogP contribution in [0.5, 0.6) is 0 Å². The van der Waals surface area contributed by atoms with Gasteiger partial charge in [0.05, 0.1) is 24.9 Å². The van der Waals surface area contributed by atoms with Gasteiger partial charge in [-0.1, -0.05) is 5.16 Å². The minimum absolute atomic E-state index is 0.0186. The maximum Gasteiger partial charge on any atom is 0.252 e. The zero-order chi connectivity index (χ0) is 17.1. The van der Waals surface area contributed by atoms with E-state index in [9.17, 15) is 0 Å². The van der Waals surface area contributed by atoms with E-state index < -0.39 is 0 Å². The van der Waals surface area contributed by atoms with Crippen LogP contribution in [0.3, 0.4) is 0 Å². The summed E-state index contributed by atoms with van der Waals surface area (Å²) < 4.78 is 17.9. The van der Waals surface area contributed by atoms with Gasteiger partial charge in [-0.3, -0.25) is 9.58 Å². The van der Waals surface area contributed by atoms with Crippen molar-refractivity contribution in [1.29, 1.82) is 0 Å². The highest BCUT2D eigenvalue weighted by molar-refractivity contribution is 5.16. The van der Waals surface area contributed by atoms with E-state index in [1.165, 1.54) is 5.56 Å². The van der Waals surface area contributed by atoms with Gasteiger partial charge < -0.3 is 14.0 Å². The molecule has 1 unspecified atom stereocenters. The van der Waals surface area contributed by atoms with Gasteiger partial charge in [-0.05, 0) is 20.8 Å². The Hall–Kier alpha value is -1.77. The van der Waals surface area contributed by atoms with Gasteiger partial charge in [-0.2, -0.15) is 10.1 Å². The van der Waals surface area contributed by atoms with Crippen LogP contribution >= 0.6 is 0 Å². The number of hydrogen-bond donors (Lipinski definition) is 0. The lowest BCUT2D eigenvalue weighted by molar-refractivity contribution is -0.0167. The maximum atomic E-state index is 5.63. The highest BCUT2D eigenvalue weighted by Crippen LogP contribution is 2.25. The summed E-state index contributed by atoms with van der Waals surface area (Å²) in [5, 5.41) is 8.69. The van der Waals surface area contributed by atoms with Crippen molar-refractivity contribution in [1.82, 2.24) is 24.8 Å². The Morgan fingerprint density at radius 2 is 2.25 bits per heavy atom. The fourth-order valence-electron chi connectivity index (χ4n) is 2.81. The average molecular weight is 335 g/mol. The van der Waals surface area contributed by atoms with Gasteiger partial charge in [-0.15, -0.1) is 0 Å². The summed E-state index contributed by atoms with van der Waals surface area (Å²) in [5.41, 5.74) is 2.28. The van der Waals surface area contributed by atoms with Gasteiger partial charge in [0.1, 0.15) is 6.61 Å². The quantitative estimate of drug-likeness (QED) is 0.797. The number of morpholine rings is 1. The van der Waals surface area contributed by atoms with E-state index in [1.54, 1.807) is 7.11 Å². The molecule has 0 spiro atoms. The van der Waals surface area contributed by atoms with Crippen LogP contribution in [0, 0.1) is 6.92 Å². The SMILES string of the molecule is COCc1nc(C2COCCN2Cc2cn(C(C)C)nc2C)no1. The molecule has 1 atom stereocenters. The number of methoxy groups -OCH3 is 1. The van der Waals surface area contributed by atoms with Crippen molar-refractivity contribution in [2.24, 2.45) is 0 Å². The first kappa shape index (κ1) is 17.1. The molecule has 3 rings (SSSR count). The van der Waals surface area contributed by atoms with Crippen LogP contribution in [0.4, 0.5) is 0 Å². The van der Waals surface area contributed by atoms with Crippen LogP contribution in [0.2, 0.25) is 0 Å². The van der Waals surface area contributed by atoms with Gasteiger partial charge in [0.15, 0.2) is 5.82 Å². The summed E-state index contributed by atoms with van der Waals surface area (Å²) in [5.74, 6) is 1.14. The van der Waals surface area contributed by atoms with Crippen molar-refractivity contribution < 1.29 is 14.0 Å². The zero-order valence-electron chi connectivity index (χ0n) is 14.7. The van der Waals surface area contributed by atoms with Crippen molar-refractivity contribution in [2.75, 3.05) is 26.9 Å². The Kier molecular flexibility index (Phi) is 5.27. The number of hydrogen-bond acceptors (Lipinski definition) is 7. The first-order valence-corrected chi connectivity index (χ1v) is 8.26. The highest BCUT2D eigenvalue weighted by atomic mass is 16.5. The third kappa shape index (κ3) is 3.66. The van der Waals surface area contributed by atoms with E-state index in [0.717, 1.165) is 18.8 Å². The van der Waals surface area contributed by atoms with Crippen LogP contribution in [-0.2, 0) is 22.6 Å². The normalized spacial score (nSPS) is 19.3. The lowest BCUT2D eigenvalue weighted by Gasteiger charge is -2.33. The molecular formula is C16H25N5O3. The van der Waals surface area contributed by atoms with E-state index in [2.05, 4.69) is 47.1 Å². The third-order valence-corrected chi connectivity index (χ3v) is 4.21. The van der Waals surface area contributed by atoms with Gasteiger partial charge >= 0.3 is 0 Å². The molecule has 0 radical (unpaired) electrons. The second-order valence-corrected chi connectivity index (χ2v) is 6.35. The highest BCUT2D eigenvalue weighted by Gasteiger charge is 2.29. The standard InChI is InChI=1S/C16H25N5O3/c1-11(2)21-8-13(12(3)18-21)7-20-5-6-23-9-14(20)16-17-15(10-22-4)24-19-16/h8,11,14H,5-7,9-10H2,1-4H3. The predicted octanol–water partition coefficient (Wildman–Crippen LogP) is 1.88. The summed E-state index contributed by atoms with van der Waals surface area (Å²) in [4.78, 5) is 6.75. The van der Waals surface area contributed by atoms with Crippen molar-refractivity contribution in [3.63, 3.8) is 0 Å². The van der Waals surface area contributed by atoms with Crippen molar-refractivity contribution in [3.05, 3.63) is 29.2 Å². The lowest BCUT2D eigenvalue weighted by atomic mass is 10.1. The molecule has 0 bridgehead atoms. The first-order valence-electron chi connectivity index (χ1n) is 8.26. The largest absolute Gasteiger partial charge is 0.378 e. The van der Waals surface area contributed by atoms with Crippen LogP contribution < -0.4 is 0 Å². The van der Waals surface area contributed by atoms with Gasteiger partial charge in [0.2, 0.25) is 0 Å². The number of aromatic nitrogens is 4. The minimum atomic E-state index is -0.0186. The number of ether oxygens (including phenoxy) is 2. The molecule has 132 valence electrons. The first-order chi connectivity index (χ1) is 11.6. The molecule has 1 fully saturated rings. The molecule has 3 heterocycles. The van der Waals surface area contributed by atoms with E-state index in [0.29, 0.717) is 37.6 Å². The Bertz CT molecular complexity index is 666. The molecule has 2 aromatic heterocycles. The number of rotatable bonds is 6. The Morgan fingerprint density at radius 1 is 1.42 bits per heavy atom. The van der Waals surface area contributed by atoms with Crippen LogP contribution in [-0.4, -0.2) is 51.7 Å². The molecule has 0 saturated carbocycles. The summed E-state index contributed by atoms with van der Waals surface area (Å²) in [6, 6.07) is 0.335. The van der Waals surface area contributed by atoms with Crippen LogP contribution in [0.15, 0.2) is 10.7 Å². The second-order valence-electron chi connectivity index (χ2n) is 6.35. The van der Waals surface area contributed by atoms with Crippen molar-refractivity contribution in [3.8, 4) is 0 Å². The van der Waals surface area contributed by atoms with Crippen molar-refractivity contribution >= 4 is 0 Å². The summed E-state index contributed by atoms with van der Waals surface area (Å²) >= 11 is 0. The second kappa shape index (κ2) is 7.42. The zero-order valence-corrected chi connectivity index (χ0v) is 14.7. The minimum Gasteiger partial charge on any atom is -0.378 e. The molecule has 1 saturated heterocycles. The fraction of sp³-hybridized carbons (Fsp3) is 0.688. The molecule has 1 aliphatic heterocycles. The van der Waals surface area contributed by atoms with Gasteiger partial charge in [0.25, 0.3) is 5.89 Å². The average Bonchev–Trinajstić information content (AvgIpc) is 3.16. The van der Waals surface area contributed by atoms with E-state index >= 15 is 0 Å². The lowest BCUT2D eigenvalue weighted by Crippen LogP contribution is -2.39. The molecule has 8 nitrogen and oxygen atoms in total. The predicted molar refractivity (Wildman–Crippen MR) is 86.3 cm³/mol. The Morgan fingerprint density at radius 3 is 2.96 bits per heavy atom. The number of aryl methyl sites for hydroxylation is 1. The van der Waals surface area contributed by atoms with E-state index in [1.807, 2.05) is 4.68 Å². The molecule has 0 amide bonds. The molecule has 0 N–H and O–H groups in total. The molecule has 0 aliphatic carbocycles. The summed E-state index contributed by atoms with van der Waals surface area (Å²) in [7, 11) is 1.61. The van der Waals surface area contributed by atoms with Gasteiger partial charge in [-0.25, -0.2) is 0 Å². The molecule has 24 heavy (non-hydrogen) atoms. The Labute approximate surface area is 141 Å². The third-order valence-electron chi connectivity index (χ3n) is 4.21. The Balaban J connectivity index is 1.76. The van der Waals surface area contributed by atoms with E-state index in [4.69, 9.17) is 14.0 Å². The summed E-state index contributed by atoms with van der Waals surface area (Å²) in [6.45, 7) is 9.51. The molecule has 2 aromatic rings. The monoisotopic (exact) mass is 335 g/mol. The fourth-order valence-corrected chi connectivity index (χ4v) is 2.81. The van der Waals surface area contributed by atoms with Crippen molar-refractivity contribution in [2.45, 2.75) is 46.0 Å².